The maximum absolute atomic E-state index is 11.3. The van der Waals surface area contributed by atoms with Crippen LogP contribution in [0.4, 0.5) is 0 Å². The second kappa shape index (κ2) is 15.6. The first kappa shape index (κ1) is 32.7. The maximum Gasteiger partial charge on any atom is 2.00 e. The van der Waals surface area contributed by atoms with Crippen molar-refractivity contribution in [3.63, 3.8) is 0 Å². The number of thiocarbonyl (C=S) groups is 2. The summed E-state index contributed by atoms with van der Waals surface area (Å²) in [6.07, 6.45) is 5.48. The van der Waals surface area contributed by atoms with E-state index < -0.39 is 19.7 Å². The van der Waals surface area contributed by atoms with Crippen LogP contribution in [0.2, 0.25) is 0 Å². The second-order valence-electron chi connectivity index (χ2n) is 7.74. The van der Waals surface area contributed by atoms with Crippen molar-refractivity contribution >= 4 is 127 Å². The normalized spacial score (nSPS) is 23.2. The van der Waals surface area contributed by atoms with E-state index in [2.05, 4.69) is 13.8 Å². The van der Waals surface area contributed by atoms with Crippen molar-refractivity contribution in [1.82, 2.24) is 9.80 Å². The Balaban J connectivity index is 0.000000562. The van der Waals surface area contributed by atoms with E-state index in [0.29, 0.717) is 21.5 Å². The third-order valence-electron chi connectivity index (χ3n) is 5.27. The van der Waals surface area contributed by atoms with Crippen LogP contribution < -0.4 is 0 Å². The van der Waals surface area contributed by atoms with Gasteiger partial charge >= 0.3 is 48.9 Å². The molecule has 13 heteroatoms. The van der Waals surface area contributed by atoms with Gasteiger partial charge in [0.2, 0.25) is 0 Å². The Labute approximate surface area is 250 Å². The number of hydrogen-bond acceptors (Lipinski definition) is 8. The van der Waals surface area contributed by atoms with Gasteiger partial charge in [-0.05, 0) is 25.7 Å². The van der Waals surface area contributed by atoms with E-state index in [1.165, 1.54) is 0 Å². The fraction of sp³-hybridized carbons (Fsp3) is 0.889. The Morgan fingerprint density at radius 3 is 1.32 bits per heavy atom. The van der Waals surface area contributed by atoms with Gasteiger partial charge in [-0.25, -0.2) is 16.8 Å². The summed E-state index contributed by atoms with van der Waals surface area (Å²) in [5, 5.41) is 0. The number of sulfone groups is 2. The molecule has 0 aromatic rings. The van der Waals surface area contributed by atoms with Crippen LogP contribution in [0.1, 0.15) is 52.4 Å². The second-order valence-corrected chi connectivity index (χ2v) is 14.3. The van der Waals surface area contributed by atoms with Gasteiger partial charge in [-0.15, -0.1) is 0 Å². The molecular formula is C18H32BaN2O4S6. The number of hydrogen-bond donors (Lipinski definition) is 0. The fourth-order valence-corrected chi connectivity index (χ4v) is 7.97. The van der Waals surface area contributed by atoms with Crippen LogP contribution in [0.5, 0.6) is 0 Å². The third kappa shape index (κ3) is 12.3. The van der Waals surface area contributed by atoms with E-state index in [9.17, 15) is 16.8 Å². The van der Waals surface area contributed by atoms with Crippen LogP contribution in [-0.4, -0.2) is 132 Å². The molecule has 2 aliphatic rings. The standard InChI is InChI=1S/2C9H17NO2S3.Ba/c2*1-2-3-5-10(9(13)14)8-4-6-15(11,12)7-8;/h2*8H,2-7H2,1H3,(H,13,14);/q;;+2/p-2. The summed E-state index contributed by atoms with van der Waals surface area (Å²) in [6.45, 7) is 5.77. The van der Waals surface area contributed by atoms with E-state index in [1.54, 1.807) is 0 Å². The molecule has 0 spiro atoms. The first-order valence-corrected chi connectivity index (χ1v) is 15.6. The Hall–Kier alpha value is 1.69. The van der Waals surface area contributed by atoms with Gasteiger partial charge in [0.15, 0.2) is 19.7 Å². The van der Waals surface area contributed by atoms with Crippen molar-refractivity contribution in [3.8, 4) is 0 Å². The predicted molar refractivity (Wildman–Crippen MR) is 143 cm³/mol. The van der Waals surface area contributed by atoms with Gasteiger partial charge in [-0.1, -0.05) is 35.3 Å². The SMILES string of the molecule is CCCCN(C(=S)[S-])C1CCS(=O)(=O)C1.CCCCN(C(=S)[S-])C1CCS(=O)(=O)C1.[Ba+2]. The van der Waals surface area contributed by atoms with Crippen molar-refractivity contribution in [2.75, 3.05) is 36.1 Å². The molecule has 0 aromatic carbocycles. The average molecular weight is 670 g/mol. The Morgan fingerprint density at radius 1 is 0.806 bits per heavy atom. The summed E-state index contributed by atoms with van der Waals surface area (Å²) < 4.78 is 46.2. The molecule has 2 fully saturated rings. The minimum atomic E-state index is -2.85. The molecule has 2 saturated heterocycles. The summed E-state index contributed by atoms with van der Waals surface area (Å²) >= 11 is 20.0. The fourth-order valence-electron chi connectivity index (χ4n) is 3.55. The molecule has 0 aliphatic carbocycles. The first-order chi connectivity index (χ1) is 13.9. The molecule has 2 unspecified atom stereocenters. The van der Waals surface area contributed by atoms with Crippen molar-refractivity contribution in [3.05, 3.63) is 0 Å². The molecule has 0 N–H and O–H groups in total. The van der Waals surface area contributed by atoms with Gasteiger partial charge in [-0.2, -0.15) is 0 Å². The third-order valence-corrected chi connectivity index (χ3v) is 9.71. The van der Waals surface area contributed by atoms with Crippen molar-refractivity contribution in [1.29, 1.82) is 0 Å². The summed E-state index contributed by atoms with van der Waals surface area (Å²) in [7, 11) is -5.69. The molecule has 2 heterocycles. The van der Waals surface area contributed by atoms with Crippen LogP contribution in [-0.2, 0) is 44.9 Å². The Kier molecular flexibility index (Phi) is 16.5. The van der Waals surface area contributed by atoms with E-state index in [0.717, 1.165) is 38.8 Å². The van der Waals surface area contributed by atoms with Gasteiger partial charge in [0.25, 0.3) is 0 Å². The Morgan fingerprint density at radius 2 is 1.13 bits per heavy atom. The van der Waals surface area contributed by atoms with Gasteiger partial charge in [0, 0.05) is 25.2 Å². The van der Waals surface area contributed by atoms with Gasteiger partial charge in [0.05, 0.1) is 23.0 Å². The van der Waals surface area contributed by atoms with Gasteiger partial charge in [0.1, 0.15) is 0 Å². The van der Waals surface area contributed by atoms with Gasteiger partial charge in [-0.3, -0.25) is 0 Å². The summed E-state index contributed by atoms with van der Waals surface area (Å²) in [5.74, 6) is 0.984. The molecule has 0 saturated carbocycles. The van der Waals surface area contributed by atoms with Crippen molar-refractivity contribution < 1.29 is 16.8 Å². The van der Waals surface area contributed by atoms with E-state index in [1.807, 2.05) is 9.80 Å². The minimum Gasteiger partial charge on any atom is -0.411 e. The van der Waals surface area contributed by atoms with Gasteiger partial charge < -0.3 is 59.5 Å². The van der Waals surface area contributed by atoms with Crippen LogP contribution in [0.3, 0.4) is 0 Å². The summed E-state index contributed by atoms with van der Waals surface area (Å²) in [5.41, 5.74) is 0. The summed E-state index contributed by atoms with van der Waals surface area (Å²) in [6, 6.07) is 0.0399. The van der Waals surface area contributed by atoms with Crippen molar-refractivity contribution in [2.45, 2.75) is 64.5 Å². The predicted octanol–water partition coefficient (Wildman–Crippen LogP) is 1.83. The van der Waals surface area contributed by atoms with Crippen LogP contribution in [0.25, 0.3) is 0 Å². The zero-order valence-corrected chi connectivity index (χ0v) is 27.7. The van der Waals surface area contributed by atoms with Crippen molar-refractivity contribution in [2.24, 2.45) is 0 Å². The largest absolute Gasteiger partial charge is 2.00 e. The molecule has 0 amide bonds. The molecule has 31 heavy (non-hydrogen) atoms. The Bertz CT molecular complexity index is 725. The molecule has 2 rings (SSSR count). The molecule has 176 valence electrons. The summed E-state index contributed by atoms with van der Waals surface area (Å²) in [4.78, 5) is 3.80. The smallest absolute Gasteiger partial charge is 0.411 e. The quantitative estimate of drug-likeness (QED) is 0.217. The number of nitrogens with zero attached hydrogens (tertiary/aromatic N) is 2. The molecule has 0 aromatic heterocycles. The first-order valence-electron chi connectivity index (χ1n) is 10.3. The van der Waals surface area contributed by atoms with Crippen LogP contribution in [0.15, 0.2) is 0 Å². The number of rotatable bonds is 8. The number of unbranched alkanes of at least 4 members (excludes halogenated alkanes) is 2. The minimum absolute atomic E-state index is 0. The van der Waals surface area contributed by atoms with E-state index in [4.69, 9.17) is 49.7 Å². The molecule has 6 nitrogen and oxygen atoms in total. The average Bonchev–Trinajstić information content (AvgIpc) is 3.17. The van der Waals surface area contributed by atoms with Crippen LogP contribution in [0, 0.1) is 0 Å². The molecule has 0 radical (unpaired) electrons. The molecule has 0 bridgehead atoms. The molecule has 2 aliphatic heterocycles. The zero-order chi connectivity index (χ0) is 22.9. The van der Waals surface area contributed by atoms with Crippen LogP contribution >= 0.6 is 24.4 Å². The molecule has 2 atom stereocenters. The van der Waals surface area contributed by atoms with E-state index >= 15 is 0 Å². The maximum atomic E-state index is 11.3. The van der Waals surface area contributed by atoms with E-state index in [-0.39, 0.29) is 84.0 Å². The topological polar surface area (TPSA) is 74.8 Å². The monoisotopic (exact) mass is 670 g/mol. The molecular weight excluding hydrogens is 638 g/mol. The zero-order valence-electron chi connectivity index (χ0n) is 18.3.